The lowest BCUT2D eigenvalue weighted by Gasteiger charge is -2.39. The van der Waals surface area contributed by atoms with Crippen molar-refractivity contribution in [2.24, 2.45) is 0 Å². The van der Waals surface area contributed by atoms with Crippen molar-refractivity contribution >= 4 is 23.0 Å². The Morgan fingerprint density at radius 2 is 1.72 bits per heavy atom. The van der Waals surface area contributed by atoms with Crippen LogP contribution in [0.25, 0.3) is 0 Å². The summed E-state index contributed by atoms with van der Waals surface area (Å²) >= 11 is 5.68. The van der Waals surface area contributed by atoms with Crippen molar-refractivity contribution in [1.82, 2.24) is 9.47 Å². The van der Waals surface area contributed by atoms with Crippen molar-refractivity contribution in [3.63, 3.8) is 0 Å². The van der Waals surface area contributed by atoms with E-state index in [9.17, 15) is 4.39 Å². The highest BCUT2D eigenvalue weighted by Gasteiger charge is 2.30. The highest BCUT2D eigenvalue weighted by Crippen LogP contribution is 2.32. The molecule has 2 aromatic carbocycles. The van der Waals surface area contributed by atoms with Gasteiger partial charge in [-0.05, 0) is 54.2 Å². The summed E-state index contributed by atoms with van der Waals surface area (Å²) in [6.07, 6.45) is 2.11. The van der Waals surface area contributed by atoms with Crippen molar-refractivity contribution < 1.29 is 4.39 Å². The lowest BCUT2D eigenvalue weighted by molar-refractivity contribution is 0.293. The fourth-order valence-electron chi connectivity index (χ4n) is 3.32. The lowest BCUT2D eigenvalue weighted by atomic mass is 10.0. The van der Waals surface area contributed by atoms with Crippen LogP contribution >= 0.6 is 12.2 Å². The number of anilines is 1. The molecule has 1 aliphatic rings. The number of halogens is 1. The van der Waals surface area contributed by atoms with Gasteiger partial charge in [-0.2, -0.15) is 0 Å². The van der Waals surface area contributed by atoms with E-state index in [4.69, 9.17) is 12.2 Å². The first-order chi connectivity index (χ1) is 12.2. The Hall–Kier alpha value is -2.66. The molecule has 2 heterocycles. The summed E-state index contributed by atoms with van der Waals surface area (Å²) in [5.74, 6) is -0.255. The van der Waals surface area contributed by atoms with Crippen LogP contribution in [-0.2, 0) is 6.54 Å². The van der Waals surface area contributed by atoms with E-state index in [1.807, 2.05) is 18.2 Å². The molecule has 0 aliphatic carbocycles. The van der Waals surface area contributed by atoms with Crippen molar-refractivity contribution in [3.8, 4) is 0 Å². The molecule has 1 N–H and O–H groups in total. The van der Waals surface area contributed by atoms with Crippen LogP contribution in [0.5, 0.6) is 0 Å². The van der Waals surface area contributed by atoms with Gasteiger partial charge >= 0.3 is 0 Å². The number of hydrogen-bond donors (Lipinski definition) is 1. The molecule has 0 amide bonds. The van der Waals surface area contributed by atoms with E-state index in [1.165, 1.54) is 23.4 Å². The van der Waals surface area contributed by atoms with E-state index in [-0.39, 0.29) is 11.9 Å². The molecule has 0 bridgehead atoms. The molecular weight excluding hydrogens is 333 g/mol. The molecule has 0 saturated heterocycles. The van der Waals surface area contributed by atoms with Gasteiger partial charge in [0, 0.05) is 30.7 Å². The van der Waals surface area contributed by atoms with Crippen LogP contribution in [0, 0.1) is 5.82 Å². The fraction of sp³-hybridized carbons (Fsp3) is 0.150. The number of thiocarbonyl (C=S) groups is 1. The standard InChI is InChI=1S/C20H18FN3S/c21-16-8-10-17(11-9-16)22-20(25)24-14-13-23-12-4-7-18(23)19(24)15-5-2-1-3-6-15/h1-12,19H,13-14H2,(H,22,25). The Morgan fingerprint density at radius 3 is 2.48 bits per heavy atom. The molecule has 3 aromatic rings. The van der Waals surface area contributed by atoms with Gasteiger partial charge in [0.1, 0.15) is 5.82 Å². The summed E-state index contributed by atoms with van der Waals surface area (Å²) < 4.78 is 15.4. The van der Waals surface area contributed by atoms with Gasteiger partial charge in [-0.15, -0.1) is 0 Å². The zero-order chi connectivity index (χ0) is 17.2. The molecule has 0 radical (unpaired) electrons. The molecule has 0 saturated carbocycles. The molecule has 4 rings (SSSR count). The Labute approximate surface area is 151 Å². The lowest BCUT2D eigenvalue weighted by Crippen LogP contribution is -2.44. The normalized spacial score (nSPS) is 16.4. The summed E-state index contributed by atoms with van der Waals surface area (Å²) in [5, 5.41) is 3.89. The minimum atomic E-state index is -0.255. The summed E-state index contributed by atoms with van der Waals surface area (Å²) in [5.41, 5.74) is 3.21. The van der Waals surface area contributed by atoms with Gasteiger partial charge in [0.05, 0.1) is 6.04 Å². The zero-order valence-corrected chi connectivity index (χ0v) is 14.4. The summed E-state index contributed by atoms with van der Waals surface area (Å²) in [6, 6.07) is 20.9. The van der Waals surface area contributed by atoms with Gasteiger partial charge in [0.2, 0.25) is 0 Å². The van der Waals surface area contributed by atoms with Crippen LogP contribution in [0.2, 0.25) is 0 Å². The third-order valence-electron chi connectivity index (χ3n) is 4.51. The monoisotopic (exact) mass is 351 g/mol. The van der Waals surface area contributed by atoms with Crippen LogP contribution in [0.4, 0.5) is 10.1 Å². The Bertz CT molecular complexity index is 873. The van der Waals surface area contributed by atoms with E-state index in [0.717, 1.165) is 18.8 Å². The number of nitrogens with zero attached hydrogens (tertiary/aromatic N) is 2. The number of benzene rings is 2. The smallest absolute Gasteiger partial charge is 0.174 e. The van der Waals surface area contributed by atoms with Crippen molar-refractivity contribution in [2.75, 3.05) is 11.9 Å². The number of hydrogen-bond acceptors (Lipinski definition) is 1. The molecule has 25 heavy (non-hydrogen) atoms. The quantitative estimate of drug-likeness (QED) is 0.690. The topological polar surface area (TPSA) is 20.2 Å². The molecule has 1 aromatic heterocycles. The van der Waals surface area contributed by atoms with Gasteiger partial charge in [-0.1, -0.05) is 30.3 Å². The van der Waals surface area contributed by atoms with Gasteiger partial charge < -0.3 is 14.8 Å². The van der Waals surface area contributed by atoms with Crippen molar-refractivity contribution in [2.45, 2.75) is 12.6 Å². The Morgan fingerprint density at radius 1 is 0.960 bits per heavy atom. The molecule has 1 atom stereocenters. The van der Waals surface area contributed by atoms with Crippen LogP contribution in [-0.4, -0.2) is 21.1 Å². The third-order valence-corrected chi connectivity index (χ3v) is 4.85. The number of nitrogens with one attached hydrogen (secondary N) is 1. The molecule has 5 heteroatoms. The predicted octanol–water partition coefficient (Wildman–Crippen LogP) is 4.43. The Kier molecular flexibility index (Phi) is 4.24. The maximum absolute atomic E-state index is 13.1. The maximum atomic E-state index is 13.1. The summed E-state index contributed by atoms with van der Waals surface area (Å²) in [4.78, 5) is 2.20. The second-order valence-electron chi connectivity index (χ2n) is 6.07. The molecule has 1 aliphatic heterocycles. The highest BCUT2D eigenvalue weighted by molar-refractivity contribution is 7.80. The first kappa shape index (κ1) is 15.8. The van der Waals surface area contributed by atoms with E-state index in [1.54, 1.807) is 12.1 Å². The van der Waals surface area contributed by atoms with Gasteiger partial charge in [0.25, 0.3) is 0 Å². The second kappa shape index (κ2) is 6.69. The molecule has 0 spiro atoms. The molecule has 3 nitrogen and oxygen atoms in total. The number of fused-ring (bicyclic) bond motifs is 1. The van der Waals surface area contributed by atoms with Crippen LogP contribution in [0.3, 0.4) is 0 Å². The van der Waals surface area contributed by atoms with Crippen molar-refractivity contribution in [3.05, 3.63) is 90.0 Å². The van der Waals surface area contributed by atoms with E-state index in [2.05, 4.69) is 45.2 Å². The summed E-state index contributed by atoms with van der Waals surface area (Å²) in [6.45, 7) is 1.70. The Balaban J connectivity index is 1.65. The second-order valence-corrected chi connectivity index (χ2v) is 6.46. The number of rotatable bonds is 2. The average molecular weight is 351 g/mol. The van der Waals surface area contributed by atoms with Gasteiger partial charge in [0.15, 0.2) is 5.11 Å². The van der Waals surface area contributed by atoms with Gasteiger partial charge in [-0.25, -0.2) is 4.39 Å². The highest BCUT2D eigenvalue weighted by atomic mass is 32.1. The van der Waals surface area contributed by atoms with E-state index >= 15 is 0 Å². The zero-order valence-electron chi connectivity index (χ0n) is 13.6. The van der Waals surface area contributed by atoms with Crippen LogP contribution in [0.15, 0.2) is 72.9 Å². The molecule has 0 fully saturated rings. The largest absolute Gasteiger partial charge is 0.348 e. The predicted molar refractivity (Wildman–Crippen MR) is 102 cm³/mol. The molecular formula is C20H18FN3S. The van der Waals surface area contributed by atoms with Crippen molar-refractivity contribution in [1.29, 1.82) is 0 Å². The molecule has 1 unspecified atom stereocenters. The first-order valence-electron chi connectivity index (χ1n) is 8.25. The molecule has 126 valence electrons. The van der Waals surface area contributed by atoms with E-state index < -0.39 is 0 Å². The third kappa shape index (κ3) is 3.15. The summed E-state index contributed by atoms with van der Waals surface area (Å²) in [7, 11) is 0. The average Bonchev–Trinajstić information content (AvgIpc) is 3.12. The van der Waals surface area contributed by atoms with Crippen LogP contribution in [0.1, 0.15) is 17.3 Å². The minimum absolute atomic E-state index is 0.0606. The first-order valence-corrected chi connectivity index (χ1v) is 8.66. The van der Waals surface area contributed by atoms with Crippen LogP contribution < -0.4 is 5.32 Å². The minimum Gasteiger partial charge on any atom is -0.348 e. The van der Waals surface area contributed by atoms with E-state index in [0.29, 0.717) is 5.11 Å². The maximum Gasteiger partial charge on any atom is 0.174 e. The fourth-order valence-corrected chi connectivity index (χ4v) is 3.63. The number of aromatic nitrogens is 1. The SMILES string of the molecule is Fc1ccc(NC(=S)N2CCn3cccc3C2c2ccccc2)cc1. The van der Waals surface area contributed by atoms with Gasteiger partial charge in [-0.3, -0.25) is 0 Å².